The average molecular weight is 472 g/mol. The van der Waals surface area contributed by atoms with Gasteiger partial charge in [-0.3, -0.25) is 0 Å². The summed E-state index contributed by atoms with van der Waals surface area (Å²) in [5.41, 5.74) is 0. The van der Waals surface area contributed by atoms with Crippen LogP contribution in [0.2, 0.25) is 0 Å². The third-order valence-electron chi connectivity index (χ3n) is 5.63. The Morgan fingerprint density at radius 2 is 1.34 bits per heavy atom. The molecule has 14 atom stereocenters. The average Bonchev–Trinajstić information content (AvgIpc) is 2.74. The van der Waals surface area contributed by atoms with Gasteiger partial charge in [-0.1, -0.05) is 0 Å². The fourth-order valence-corrected chi connectivity index (χ4v) is 3.68. The second-order valence-corrected chi connectivity index (χ2v) is 7.91. The Hall–Kier alpha value is -1.05. The van der Waals surface area contributed by atoms with Crippen LogP contribution in [0, 0.1) is 0 Å². The van der Waals surface area contributed by atoms with Crippen LogP contribution in [-0.2, 0) is 28.5 Å². The molecule has 3 aliphatic rings. The van der Waals surface area contributed by atoms with Gasteiger partial charge in [-0.25, -0.2) is 4.79 Å². The van der Waals surface area contributed by atoms with Crippen LogP contribution in [0.25, 0.3) is 0 Å². The number of carboxylic acids is 1. The van der Waals surface area contributed by atoms with Gasteiger partial charge in [-0.15, -0.1) is 0 Å². The van der Waals surface area contributed by atoms with Gasteiger partial charge >= 0.3 is 5.97 Å². The molecule has 15 heteroatoms. The zero-order valence-corrected chi connectivity index (χ0v) is 16.8. The molecular formula is C17H28O15. The van der Waals surface area contributed by atoms with Crippen molar-refractivity contribution in [2.75, 3.05) is 6.61 Å². The van der Waals surface area contributed by atoms with Gasteiger partial charge in [0.05, 0.1) is 12.7 Å². The van der Waals surface area contributed by atoms with E-state index in [1.807, 2.05) is 0 Å². The van der Waals surface area contributed by atoms with Crippen molar-refractivity contribution in [3.63, 3.8) is 0 Å². The first-order valence-electron chi connectivity index (χ1n) is 9.84. The molecule has 0 radical (unpaired) electrons. The van der Waals surface area contributed by atoms with Gasteiger partial charge in [-0.05, 0) is 6.92 Å². The van der Waals surface area contributed by atoms with Gasteiger partial charge < -0.3 is 69.6 Å². The van der Waals surface area contributed by atoms with Crippen LogP contribution in [0.1, 0.15) is 6.92 Å². The van der Waals surface area contributed by atoms with Crippen LogP contribution >= 0.6 is 0 Å². The summed E-state index contributed by atoms with van der Waals surface area (Å²) in [6.45, 7) is 0.884. The van der Waals surface area contributed by atoms with E-state index in [9.17, 15) is 50.8 Å². The monoisotopic (exact) mass is 472 g/mol. The Bertz CT molecular complexity index is 649. The third-order valence-corrected chi connectivity index (χ3v) is 5.63. The van der Waals surface area contributed by atoms with Gasteiger partial charge in [-0.2, -0.15) is 0 Å². The van der Waals surface area contributed by atoms with Crippen molar-refractivity contribution in [2.45, 2.75) is 92.9 Å². The van der Waals surface area contributed by atoms with E-state index >= 15 is 0 Å². The molecule has 32 heavy (non-hydrogen) atoms. The van der Waals surface area contributed by atoms with Crippen molar-refractivity contribution in [2.24, 2.45) is 0 Å². The first kappa shape index (κ1) is 25.6. The van der Waals surface area contributed by atoms with Crippen molar-refractivity contribution in [1.29, 1.82) is 0 Å². The lowest BCUT2D eigenvalue weighted by Crippen LogP contribution is -2.66. The van der Waals surface area contributed by atoms with Crippen LogP contribution in [0.3, 0.4) is 0 Å². The molecule has 0 aromatic carbocycles. The topological polar surface area (TPSA) is 245 Å². The standard InChI is InChI=1S/C17H28O15/c1-3-5(19)7(21)9(23)17(29-3)31-11-10(24)15(27)30-13(14(25)26)12(11)32-16-8(22)6(20)4(18)2-28-16/h3-13,15-24,27H,2H2,1H3,(H,25,26)/t3-,4+,5-,6-,7+,8+,9+,10+,11+,12-,13-,15?,16-,17-/m0/s1. The molecule has 0 saturated carbocycles. The normalized spacial score (nSPS) is 52.5. The van der Waals surface area contributed by atoms with Crippen LogP contribution in [0.15, 0.2) is 0 Å². The number of ether oxygens (including phenoxy) is 5. The van der Waals surface area contributed by atoms with Gasteiger partial charge in [0.15, 0.2) is 25.0 Å². The maximum Gasteiger partial charge on any atom is 0.335 e. The molecule has 9 N–H and O–H groups in total. The highest BCUT2D eigenvalue weighted by Gasteiger charge is 2.54. The predicted octanol–water partition coefficient (Wildman–Crippen LogP) is -5.81. The van der Waals surface area contributed by atoms with E-state index in [0.29, 0.717) is 0 Å². The van der Waals surface area contributed by atoms with Gasteiger partial charge in [0.2, 0.25) is 0 Å². The summed E-state index contributed by atoms with van der Waals surface area (Å²) in [6.07, 6.45) is -24.0. The molecule has 186 valence electrons. The zero-order valence-electron chi connectivity index (χ0n) is 16.8. The fourth-order valence-electron chi connectivity index (χ4n) is 3.68. The molecule has 3 rings (SSSR count). The number of hydrogen-bond donors (Lipinski definition) is 9. The van der Waals surface area contributed by atoms with E-state index in [-0.39, 0.29) is 0 Å². The lowest BCUT2D eigenvalue weighted by molar-refractivity contribution is -0.372. The number of aliphatic hydroxyl groups is 8. The molecule has 0 amide bonds. The van der Waals surface area contributed by atoms with Crippen molar-refractivity contribution >= 4 is 5.97 Å². The van der Waals surface area contributed by atoms with E-state index in [0.717, 1.165) is 0 Å². The summed E-state index contributed by atoms with van der Waals surface area (Å²) in [6, 6.07) is 0. The Kier molecular flexibility index (Phi) is 8.04. The van der Waals surface area contributed by atoms with Crippen LogP contribution in [0.5, 0.6) is 0 Å². The van der Waals surface area contributed by atoms with E-state index in [1.54, 1.807) is 0 Å². The van der Waals surface area contributed by atoms with E-state index in [4.69, 9.17) is 23.7 Å². The molecule has 3 aliphatic heterocycles. The van der Waals surface area contributed by atoms with Crippen molar-refractivity contribution in [1.82, 2.24) is 0 Å². The SMILES string of the molecule is C[C@@H]1O[C@@H](O[C@H]2[C@H](O[C@@H]3OC[C@@H](O)[C@H](O)[C@H]3O)[C@@H](C(=O)O)OC(O)[C@@H]2O)[C@H](O)[C@H](O)[C@H]1O. The molecule has 0 aromatic rings. The maximum absolute atomic E-state index is 11.7. The van der Waals surface area contributed by atoms with Crippen LogP contribution in [0.4, 0.5) is 0 Å². The fraction of sp³-hybridized carbons (Fsp3) is 0.941. The smallest absolute Gasteiger partial charge is 0.335 e. The number of hydrogen-bond acceptors (Lipinski definition) is 14. The van der Waals surface area contributed by atoms with Crippen LogP contribution in [-0.4, -0.2) is 145 Å². The predicted molar refractivity (Wildman–Crippen MR) is 94.4 cm³/mol. The summed E-state index contributed by atoms with van der Waals surface area (Å²) in [5.74, 6) is -1.66. The number of carbonyl (C=O) groups is 1. The molecular weight excluding hydrogens is 444 g/mol. The summed E-state index contributed by atoms with van der Waals surface area (Å²) >= 11 is 0. The van der Waals surface area contributed by atoms with E-state index < -0.39 is 98.6 Å². The molecule has 0 bridgehead atoms. The molecule has 3 fully saturated rings. The molecule has 3 saturated heterocycles. The number of carboxylic acid groups (broad SMARTS) is 1. The Labute approximate surface area is 180 Å². The summed E-state index contributed by atoms with van der Waals surface area (Å²) < 4.78 is 26.1. The molecule has 0 spiro atoms. The Morgan fingerprint density at radius 1 is 0.750 bits per heavy atom. The summed E-state index contributed by atoms with van der Waals surface area (Å²) in [5, 5.41) is 89.3. The van der Waals surface area contributed by atoms with Crippen molar-refractivity contribution < 1.29 is 74.4 Å². The molecule has 0 aromatic heterocycles. The first-order chi connectivity index (χ1) is 14.9. The Morgan fingerprint density at radius 3 is 1.97 bits per heavy atom. The molecule has 0 aliphatic carbocycles. The number of aliphatic hydroxyl groups excluding tert-OH is 8. The lowest BCUT2D eigenvalue weighted by atomic mass is 9.96. The minimum absolute atomic E-state index is 0.475. The second kappa shape index (κ2) is 10.1. The maximum atomic E-state index is 11.7. The van der Waals surface area contributed by atoms with Crippen molar-refractivity contribution in [3.8, 4) is 0 Å². The summed E-state index contributed by atoms with van der Waals surface area (Å²) in [7, 11) is 0. The lowest BCUT2D eigenvalue weighted by Gasteiger charge is -2.47. The highest BCUT2D eigenvalue weighted by atomic mass is 16.8. The van der Waals surface area contributed by atoms with Crippen LogP contribution < -0.4 is 0 Å². The summed E-state index contributed by atoms with van der Waals surface area (Å²) in [4.78, 5) is 11.7. The van der Waals surface area contributed by atoms with Crippen molar-refractivity contribution in [3.05, 3.63) is 0 Å². The first-order valence-corrected chi connectivity index (χ1v) is 9.84. The molecule has 15 nitrogen and oxygen atoms in total. The molecule has 1 unspecified atom stereocenters. The number of aliphatic carboxylic acids is 1. The van der Waals surface area contributed by atoms with E-state index in [1.165, 1.54) is 6.92 Å². The minimum Gasteiger partial charge on any atom is -0.479 e. The highest BCUT2D eigenvalue weighted by Crippen LogP contribution is 2.32. The largest absolute Gasteiger partial charge is 0.479 e. The van der Waals surface area contributed by atoms with Gasteiger partial charge in [0, 0.05) is 0 Å². The second-order valence-electron chi connectivity index (χ2n) is 7.91. The molecule has 3 heterocycles. The zero-order chi connectivity index (χ0) is 23.9. The minimum atomic E-state index is -2.07. The number of rotatable bonds is 5. The van der Waals surface area contributed by atoms with Gasteiger partial charge in [0.1, 0.15) is 54.9 Å². The van der Waals surface area contributed by atoms with Gasteiger partial charge in [0.25, 0.3) is 0 Å². The quantitative estimate of drug-likeness (QED) is 0.181. The highest BCUT2D eigenvalue weighted by molar-refractivity contribution is 5.73. The van der Waals surface area contributed by atoms with E-state index in [2.05, 4.69) is 0 Å². The Balaban J connectivity index is 1.85. The third kappa shape index (κ3) is 4.90.